The van der Waals surface area contributed by atoms with E-state index in [-0.39, 0.29) is 28.9 Å². The van der Waals surface area contributed by atoms with E-state index in [1.54, 1.807) is 18.2 Å². The molecule has 1 saturated heterocycles. The second-order valence-corrected chi connectivity index (χ2v) is 7.48. The van der Waals surface area contributed by atoms with Gasteiger partial charge in [0.05, 0.1) is 17.4 Å². The molecule has 1 aliphatic rings. The van der Waals surface area contributed by atoms with Crippen molar-refractivity contribution in [2.75, 3.05) is 26.2 Å². The molecule has 7 nitrogen and oxygen atoms in total. The fraction of sp³-hybridized carbons (Fsp3) is 0.318. The molecule has 0 radical (unpaired) electrons. The first-order valence-corrected chi connectivity index (χ1v) is 10.0. The Morgan fingerprint density at radius 1 is 1.10 bits per heavy atom. The first-order valence-electron chi connectivity index (χ1n) is 10.0. The molecule has 2 heterocycles. The van der Waals surface area contributed by atoms with Gasteiger partial charge in [0.2, 0.25) is 0 Å². The van der Waals surface area contributed by atoms with E-state index >= 15 is 0 Å². The van der Waals surface area contributed by atoms with Crippen molar-refractivity contribution >= 4 is 16.8 Å². The number of H-pyrrole nitrogens is 1. The molecule has 156 valence electrons. The lowest BCUT2D eigenvalue weighted by Crippen LogP contribution is -2.36. The predicted octanol–water partition coefficient (Wildman–Crippen LogP) is 1.70. The number of aromatic amines is 1. The number of aromatic nitrogens is 2. The summed E-state index contributed by atoms with van der Waals surface area (Å²) < 4.78 is 14.9. The minimum absolute atomic E-state index is 0.171. The van der Waals surface area contributed by atoms with Crippen LogP contribution in [0.15, 0.2) is 52.1 Å². The van der Waals surface area contributed by atoms with Gasteiger partial charge in [-0.2, -0.15) is 0 Å². The van der Waals surface area contributed by atoms with Gasteiger partial charge in [0.1, 0.15) is 5.82 Å². The summed E-state index contributed by atoms with van der Waals surface area (Å²) in [5, 5.41) is 3.14. The van der Waals surface area contributed by atoms with E-state index in [1.807, 2.05) is 0 Å². The molecule has 30 heavy (non-hydrogen) atoms. The predicted molar refractivity (Wildman–Crippen MR) is 112 cm³/mol. The van der Waals surface area contributed by atoms with Gasteiger partial charge in [0.15, 0.2) is 0 Å². The molecule has 2 aromatic carbocycles. The molecule has 0 atom stereocenters. The van der Waals surface area contributed by atoms with Crippen molar-refractivity contribution in [3.63, 3.8) is 0 Å². The summed E-state index contributed by atoms with van der Waals surface area (Å²) in [5.41, 5.74) is -0.286. The molecule has 2 N–H and O–H groups in total. The topological polar surface area (TPSA) is 87.2 Å². The quantitative estimate of drug-likeness (QED) is 0.648. The van der Waals surface area contributed by atoms with Crippen LogP contribution in [0.25, 0.3) is 10.9 Å². The van der Waals surface area contributed by atoms with Crippen molar-refractivity contribution in [2.24, 2.45) is 0 Å². The Balaban J connectivity index is 1.55. The molecule has 1 amide bonds. The van der Waals surface area contributed by atoms with Crippen LogP contribution in [0.4, 0.5) is 4.39 Å². The lowest BCUT2D eigenvalue weighted by Gasteiger charge is -2.14. The number of nitrogens with one attached hydrogen (secondary N) is 2. The van der Waals surface area contributed by atoms with Crippen LogP contribution in [0.2, 0.25) is 0 Å². The zero-order chi connectivity index (χ0) is 21.1. The largest absolute Gasteiger partial charge is 0.351 e. The average molecular weight is 410 g/mol. The third kappa shape index (κ3) is 4.18. The van der Waals surface area contributed by atoms with Gasteiger partial charge in [-0.25, -0.2) is 9.18 Å². The van der Waals surface area contributed by atoms with Crippen molar-refractivity contribution in [2.45, 2.75) is 19.4 Å². The van der Waals surface area contributed by atoms with Gasteiger partial charge < -0.3 is 15.2 Å². The lowest BCUT2D eigenvalue weighted by molar-refractivity contribution is 0.0950. The summed E-state index contributed by atoms with van der Waals surface area (Å²) in [7, 11) is 0. The van der Waals surface area contributed by atoms with Crippen molar-refractivity contribution in [1.29, 1.82) is 0 Å². The van der Waals surface area contributed by atoms with Gasteiger partial charge in [-0.15, -0.1) is 0 Å². The highest BCUT2D eigenvalue weighted by Gasteiger charge is 2.14. The number of rotatable bonds is 6. The Morgan fingerprint density at radius 2 is 1.87 bits per heavy atom. The van der Waals surface area contributed by atoms with Gasteiger partial charge in [0, 0.05) is 24.2 Å². The summed E-state index contributed by atoms with van der Waals surface area (Å²) in [6.07, 6.45) is 2.39. The highest BCUT2D eigenvalue weighted by molar-refractivity contribution is 5.97. The molecule has 0 aliphatic carbocycles. The third-order valence-corrected chi connectivity index (χ3v) is 5.44. The number of fused-ring (bicyclic) bond motifs is 1. The highest BCUT2D eigenvalue weighted by atomic mass is 19.1. The van der Waals surface area contributed by atoms with E-state index in [0.717, 1.165) is 24.2 Å². The number of likely N-dealkylation sites (tertiary alicyclic amines) is 1. The van der Waals surface area contributed by atoms with E-state index < -0.39 is 17.1 Å². The van der Waals surface area contributed by atoms with E-state index in [4.69, 9.17) is 0 Å². The maximum absolute atomic E-state index is 13.9. The summed E-state index contributed by atoms with van der Waals surface area (Å²) in [5.74, 6) is -0.739. The van der Waals surface area contributed by atoms with Crippen molar-refractivity contribution < 1.29 is 9.18 Å². The fourth-order valence-electron chi connectivity index (χ4n) is 3.77. The molecule has 0 unspecified atom stereocenters. The van der Waals surface area contributed by atoms with E-state index in [9.17, 15) is 18.8 Å². The number of amides is 1. The molecule has 0 bridgehead atoms. The van der Waals surface area contributed by atoms with Crippen LogP contribution in [0.3, 0.4) is 0 Å². The fourth-order valence-corrected chi connectivity index (χ4v) is 3.77. The van der Waals surface area contributed by atoms with Crippen LogP contribution in [0, 0.1) is 5.82 Å². The smallest absolute Gasteiger partial charge is 0.329 e. The lowest BCUT2D eigenvalue weighted by atomic mass is 10.1. The zero-order valence-electron chi connectivity index (χ0n) is 16.5. The van der Waals surface area contributed by atoms with Crippen molar-refractivity contribution in [3.8, 4) is 0 Å². The Kier molecular flexibility index (Phi) is 5.76. The number of carbonyl (C=O) groups is 1. The Hall–Kier alpha value is -3.26. The Morgan fingerprint density at radius 3 is 2.63 bits per heavy atom. The number of benzene rings is 2. The van der Waals surface area contributed by atoms with Crippen LogP contribution >= 0.6 is 0 Å². The second kappa shape index (κ2) is 8.62. The molecule has 1 aromatic heterocycles. The average Bonchev–Trinajstić information content (AvgIpc) is 3.25. The first kappa shape index (κ1) is 20.0. The summed E-state index contributed by atoms with van der Waals surface area (Å²) in [6.45, 7) is 3.29. The third-order valence-electron chi connectivity index (χ3n) is 5.44. The van der Waals surface area contributed by atoms with E-state index in [0.29, 0.717) is 12.1 Å². The minimum atomic E-state index is -0.651. The zero-order valence-corrected chi connectivity index (χ0v) is 16.5. The van der Waals surface area contributed by atoms with Crippen LogP contribution in [-0.4, -0.2) is 46.5 Å². The molecular weight excluding hydrogens is 387 g/mol. The number of hydrogen-bond acceptors (Lipinski definition) is 4. The maximum Gasteiger partial charge on any atom is 0.329 e. The maximum atomic E-state index is 13.9. The van der Waals surface area contributed by atoms with Crippen LogP contribution < -0.4 is 16.6 Å². The number of halogens is 1. The highest BCUT2D eigenvalue weighted by Crippen LogP contribution is 2.11. The number of nitrogens with zero attached hydrogens (tertiary/aromatic N) is 2. The Labute approximate surface area is 172 Å². The monoisotopic (exact) mass is 410 g/mol. The second-order valence-electron chi connectivity index (χ2n) is 7.48. The molecule has 1 fully saturated rings. The van der Waals surface area contributed by atoms with Gasteiger partial charge >= 0.3 is 5.69 Å². The molecule has 3 aromatic rings. The minimum Gasteiger partial charge on any atom is -0.351 e. The molecule has 8 heteroatoms. The van der Waals surface area contributed by atoms with E-state index in [2.05, 4.69) is 15.2 Å². The van der Waals surface area contributed by atoms with Crippen molar-refractivity contribution in [3.05, 3.63) is 80.2 Å². The summed E-state index contributed by atoms with van der Waals surface area (Å²) in [4.78, 5) is 42.6. The summed E-state index contributed by atoms with van der Waals surface area (Å²) in [6, 6.07) is 10.6. The number of carbonyl (C=O) groups excluding carboxylic acids is 1. The van der Waals surface area contributed by atoms with Crippen molar-refractivity contribution in [1.82, 2.24) is 19.8 Å². The molecule has 4 rings (SSSR count). The molecule has 1 aliphatic heterocycles. The standard InChI is InChI=1S/C22H23FN4O3/c23-18-6-2-1-5-16(18)14-27-21(29)17-8-7-15(13-19(17)25-22(27)30)20(28)24-9-12-26-10-3-4-11-26/h1-2,5-8,13H,3-4,9-12,14H2,(H,24,28)(H,25,30). The van der Waals surface area contributed by atoms with Gasteiger partial charge in [-0.1, -0.05) is 18.2 Å². The number of hydrogen-bond donors (Lipinski definition) is 2. The van der Waals surface area contributed by atoms with Gasteiger partial charge in [0.25, 0.3) is 11.5 Å². The van der Waals surface area contributed by atoms with E-state index in [1.165, 1.54) is 37.1 Å². The van der Waals surface area contributed by atoms with Crippen LogP contribution in [0.5, 0.6) is 0 Å². The molecule has 0 saturated carbocycles. The molecular formula is C22H23FN4O3. The van der Waals surface area contributed by atoms with Gasteiger partial charge in [-0.3, -0.25) is 14.2 Å². The summed E-state index contributed by atoms with van der Waals surface area (Å²) >= 11 is 0. The molecule has 0 spiro atoms. The van der Waals surface area contributed by atoms with Crippen LogP contribution in [0.1, 0.15) is 28.8 Å². The van der Waals surface area contributed by atoms with Gasteiger partial charge in [-0.05, 0) is 50.2 Å². The normalized spacial score (nSPS) is 14.3. The first-order chi connectivity index (χ1) is 14.5. The SMILES string of the molecule is O=C(NCCN1CCCC1)c1ccc2c(=O)n(Cc3ccccc3F)c(=O)[nH]c2c1. The Bertz CT molecular complexity index is 1190. The van der Waals surface area contributed by atoms with Crippen LogP contribution in [-0.2, 0) is 6.54 Å².